The SMILES string of the molecule is CCOC(=O)Cc1ncc(C)c(OC)c1C(F)F. The van der Waals surface area contributed by atoms with E-state index in [0.717, 1.165) is 0 Å². The fraction of sp³-hybridized carbons (Fsp3) is 0.500. The van der Waals surface area contributed by atoms with Crippen LogP contribution in [0.5, 0.6) is 5.75 Å². The van der Waals surface area contributed by atoms with E-state index in [1.807, 2.05) is 0 Å². The number of halogens is 2. The van der Waals surface area contributed by atoms with Crippen molar-refractivity contribution in [3.8, 4) is 5.75 Å². The summed E-state index contributed by atoms with van der Waals surface area (Å²) in [4.78, 5) is 15.2. The minimum absolute atomic E-state index is 0.00843. The van der Waals surface area contributed by atoms with Gasteiger partial charge in [0.2, 0.25) is 0 Å². The fourth-order valence-electron chi connectivity index (χ4n) is 1.63. The van der Waals surface area contributed by atoms with E-state index >= 15 is 0 Å². The van der Waals surface area contributed by atoms with Gasteiger partial charge in [-0.3, -0.25) is 9.78 Å². The Labute approximate surface area is 104 Å². The molecule has 1 aromatic heterocycles. The largest absolute Gasteiger partial charge is 0.496 e. The van der Waals surface area contributed by atoms with E-state index in [2.05, 4.69) is 4.98 Å². The van der Waals surface area contributed by atoms with Crippen LogP contribution >= 0.6 is 0 Å². The predicted octanol–water partition coefficient (Wildman–Crippen LogP) is 2.44. The zero-order valence-electron chi connectivity index (χ0n) is 10.5. The third kappa shape index (κ3) is 3.15. The molecular formula is C12H15F2NO3. The Balaban J connectivity index is 3.15. The third-order valence-corrected chi connectivity index (χ3v) is 2.37. The van der Waals surface area contributed by atoms with E-state index in [-0.39, 0.29) is 30.0 Å². The van der Waals surface area contributed by atoms with Crippen molar-refractivity contribution in [1.82, 2.24) is 4.98 Å². The zero-order chi connectivity index (χ0) is 13.7. The normalized spacial score (nSPS) is 10.6. The maximum atomic E-state index is 13.0. The molecule has 0 spiro atoms. The van der Waals surface area contributed by atoms with Crippen LogP contribution in [0.2, 0.25) is 0 Å². The Hall–Kier alpha value is -1.72. The fourth-order valence-corrected chi connectivity index (χ4v) is 1.63. The van der Waals surface area contributed by atoms with E-state index < -0.39 is 12.4 Å². The first kappa shape index (κ1) is 14.3. The van der Waals surface area contributed by atoms with Gasteiger partial charge in [-0.25, -0.2) is 8.78 Å². The van der Waals surface area contributed by atoms with Crippen molar-refractivity contribution in [2.45, 2.75) is 26.7 Å². The number of hydrogen-bond acceptors (Lipinski definition) is 4. The molecule has 0 unspecified atom stereocenters. The molecule has 0 aromatic carbocycles. The number of aromatic nitrogens is 1. The molecule has 1 aromatic rings. The molecule has 0 aliphatic heterocycles. The molecule has 4 nitrogen and oxygen atoms in total. The molecule has 0 saturated carbocycles. The number of ether oxygens (including phenoxy) is 2. The lowest BCUT2D eigenvalue weighted by Crippen LogP contribution is -2.12. The maximum Gasteiger partial charge on any atom is 0.311 e. The lowest BCUT2D eigenvalue weighted by atomic mass is 10.1. The number of alkyl halides is 2. The molecule has 0 radical (unpaired) electrons. The third-order valence-electron chi connectivity index (χ3n) is 2.37. The summed E-state index contributed by atoms with van der Waals surface area (Å²) >= 11 is 0. The first-order chi connectivity index (χ1) is 8.51. The summed E-state index contributed by atoms with van der Waals surface area (Å²) in [6, 6.07) is 0. The Morgan fingerprint density at radius 1 is 1.50 bits per heavy atom. The first-order valence-corrected chi connectivity index (χ1v) is 5.47. The molecule has 1 rings (SSSR count). The van der Waals surface area contributed by atoms with E-state index in [0.29, 0.717) is 5.56 Å². The number of hydrogen-bond donors (Lipinski definition) is 0. The summed E-state index contributed by atoms with van der Waals surface area (Å²) in [5, 5.41) is 0. The Morgan fingerprint density at radius 2 is 2.17 bits per heavy atom. The van der Waals surface area contributed by atoms with Crippen molar-refractivity contribution in [3.05, 3.63) is 23.0 Å². The van der Waals surface area contributed by atoms with Crippen molar-refractivity contribution in [3.63, 3.8) is 0 Å². The second kappa shape index (κ2) is 6.28. The van der Waals surface area contributed by atoms with Crippen molar-refractivity contribution >= 4 is 5.97 Å². The molecule has 0 atom stereocenters. The minimum atomic E-state index is -2.75. The summed E-state index contributed by atoms with van der Waals surface area (Å²) in [7, 11) is 1.31. The number of pyridine rings is 1. The van der Waals surface area contributed by atoms with Crippen molar-refractivity contribution in [2.24, 2.45) is 0 Å². The highest BCUT2D eigenvalue weighted by molar-refractivity contribution is 5.73. The van der Waals surface area contributed by atoms with Crippen molar-refractivity contribution < 1.29 is 23.0 Å². The number of esters is 1. The summed E-state index contributed by atoms with van der Waals surface area (Å²) < 4.78 is 35.7. The summed E-state index contributed by atoms with van der Waals surface area (Å²) in [5.41, 5.74) is 0.150. The van der Waals surface area contributed by atoms with Crippen LogP contribution in [-0.2, 0) is 16.0 Å². The van der Waals surface area contributed by atoms with Crippen molar-refractivity contribution in [2.75, 3.05) is 13.7 Å². The summed E-state index contributed by atoms with van der Waals surface area (Å²) in [6.45, 7) is 3.47. The highest BCUT2D eigenvalue weighted by Gasteiger charge is 2.23. The van der Waals surface area contributed by atoms with Gasteiger partial charge in [-0.05, 0) is 13.8 Å². The number of carbonyl (C=O) groups excluding carboxylic acids is 1. The monoisotopic (exact) mass is 259 g/mol. The van der Waals surface area contributed by atoms with Crippen LogP contribution in [-0.4, -0.2) is 24.7 Å². The van der Waals surface area contributed by atoms with Gasteiger partial charge in [0.1, 0.15) is 5.75 Å². The summed E-state index contributed by atoms with van der Waals surface area (Å²) in [6.07, 6.45) is -1.64. The van der Waals surface area contributed by atoms with Crippen LogP contribution in [0.4, 0.5) is 8.78 Å². The van der Waals surface area contributed by atoms with Gasteiger partial charge < -0.3 is 9.47 Å². The number of methoxy groups -OCH3 is 1. The summed E-state index contributed by atoms with van der Waals surface area (Å²) in [5.74, 6) is -0.517. The molecule has 0 aliphatic carbocycles. The van der Waals surface area contributed by atoms with Gasteiger partial charge in [0.25, 0.3) is 6.43 Å². The van der Waals surface area contributed by atoms with Crippen LogP contribution < -0.4 is 4.74 Å². The molecule has 0 amide bonds. The van der Waals surface area contributed by atoms with Gasteiger partial charge in [0.15, 0.2) is 0 Å². The maximum absolute atomic E-state index is 13.0. The van der Waals surface area contributed by atoms with E-state index in [1.54, 1.807) is 13.8 Å². The average Bonchev–Trinajstić information content (AvgIpc) is 2.30. The smallest absolute Gasteiger partial charge is 0.311 e. The molecule has 0 aliphatic rings. The molecule has 0 saturated heterocycles. The molecule has 0 N–H and O–H groups in total. The standard InChI is InChI=1S/C12H15F2NO3/c1-4-18-9(16)5-8-10(12(13)14)11(17-3)7(2)6-15-8/h6,12H,4-5H2,1-3H3. The lowest BCUT2D eigenvalue weighted by molar-refractivity contribution is -0.142. The number of carbonyl (C=O) groups is 1. The Morgan fingerprint density at radius 3 is 2.67 bits per heavy atom. The minimum Gasteiger partial charge on any atom is -0.496 e. The Bertz CT molecular complexity index is 436. The molecule has 100 valence electrons. The highest BCUT2D eigenvalue weighted by Crippen LogP contribution is 2.33. The van der Waals surface area contributed by atoms with Gasteiger partial charge in [-0.15, -0.1) is 0 Å². The van der Waals surface area contributed by atoms with E-state index in [9.17, 15) is 13.6 Å². The van der Waals surface area contributed by atoms with Crippen molar-refractivity contribution in [1.29, 1.82) is 0 Å². The predicted molar refractivity (Wildman–Crippen MR) is 60.8 cm³/mol. The van der Waals surface area contributed by atoms with Crippen LogP contribution in [0, 0.1) is 6.92 Å². The Kier molecular flexibility index (Phi) is 5.00. The van der Waals surface area contributed by atoms with Gasteiger partial charge in [0, 0.05) is 11.8 Å². The molecule has 18 heavy (non-hydrogen) atoms. The zero-order valence-corrected chi connectivity index (χ0v) is 10.5. The molecule has 1 heterocycles. The van der Waals surface area contributed by atoms with E-state index in [4.69, 9.17) is 9.47 Å². The van der Waals surface area contributed by atoms with E-state index in [1.165, 1.54) is 13.3 Å². The number of aryl methyl sites for hydroxylation is 1. The second-order valence-electron chi connectivity index (χ2n) is 3.62. The van der Waals surface area contributed by atoms with Gasteiger partial charge >= 0.3 is 5.97 Å². The van der Waals surface area contributed by atoms with Crippen LogP contribution in [0.1, 0.15) is 30.2 Å². The van der Waals surface area contributed by atoms with Crippen LogP contribution in [0.25, 0.3) is 0 Å². The topological polar surface area (TPSA) is 48.4 Å². The molecule has 0 fully saturated rings. The van der Waals surface area contributed by atoms with Gasteiger partial charge in [-0.2, -0.15) is 0 Å². The van der Waals surface area contributed by atoms with Crippen LogP contribution in [0.3, 0.4) is 0 Å². The first-order valence-electron chi connectivity index (χ1n) is 5.47. The van der Waals surface area contributed by atoms with Crippen LogP contribution in [0.15, 0.2) is 6.20 Å². The molecule has 0 bridgehead atoms. The molecular weight excluding hydrogens is 244 g/mol. The van der Waals surface area contributed by atoms with Gasteiger partial charge in [-0.1, -0.05) is 0 Å². The highest BCUT2D eigenvalue weighted by atomic mass is 19.3. The lowest BCUT2D eigenvalue weighted by Gasteiger charge is -2.14. The second-order valence-corrected chi connectivity index (χ2v) is 3.62. The molecule has 6 heteroatoms. The quantitative estimate of drug-likeness (QED) is 0.762. The number of rotatable bonds is 5. The number of nitrogens with zero attached hydrogens (tertiary/aromatic N) is 1. The average molecular weight is 259 g/mol. The van der Waals surface area contributed by atoms with Gasteiger partial charge in [0.05, 0.1) is 31.4 Å².